The Morgan fingerprint density at radius 2 is 1.92 bits per heavy atom. The first-order chi connectivity index (χ1) is 17.7. The molecule has 0 saturated carbocycles. The summed E-state index contributed by atoms with van der Waals surface area (Å²) < 4.78 is 5.59. The molecule has 9 heteroatoms. The van der Waals surface area contributed by atoms with Gasteiger partial charge in [0.1, 0.15) is 17.5 Å². The second kappa shape index (κ2) is 12.2. The molecule has 1 N–H and O–H groups in total. The quantitative estimate of drug-likeness (QED) is 0.467. The predicted molar refractivity (Wildman–Crippen MR) is 147 cm³/mol. The fourth-order valence-electron chi connectivity index (χ4n) is 5.02. The van der Waals surface area contributed by atoms with Gasteiger partial charge in [-0.3, -0.25) is 9.69 Å². The van der Waals surface area contributed by atoms with Crippen LogP contribution >= 0.6 is 11.3 Å². The Morgan fingerprint density at radius 3 is 2.65 bits per heavy atom. The van der Waals surface area contributed by atoms with Crippen molar-refractivity contribution in [1.82, 2.24) is 19.8 Å². The Kier molecular flexibility index (Phi) is 9.05. The Bertz CT molecular complexity index is 1060. The number of nitrogens with one attached hydrogen (secondary N) is 1. The maximum absolute atomic E-state index is 13.4. The lowest BCUT2D eigenvalue weighted by Gasteiger charge is -2.40. The number of rotatable bonds is 7. The number of carbonyl (C=O) groups excluding carboxylic acids is 2. The minimum absolute atomic E-state index is 0.0510. The molecule has 0 spiro atoms. The van der Waals surface area contributed by atoms with Crippen LogP contribution in [0.1, 0.15) is 89.1 Å². The zero-order valence-electron chi connectivity index (χ0n) is 22.7. The number of amides is 2. The van der Waals surface area contributed by atoms with E-state index in [1.165, 1.54) is 17.7 Å². The highest BCUT2D eigenvalue weighted by atomic mass is 32.1. The molecular weight excluding hydrogens is 486 g/mol. The zero-order valence-corrected chi connectivity index (χ0v) is 23.5. The Morgan fingerprint density at radius 1 is 1.14 bits per heavy atom. The van der Waals surface area contributed by atoms with E-state index in [0.29, 0.717) is 32.0 Å². The van der Waals surface area contributed by atoms with Crippen molar-refractivity contribution in [2.75, 3.05) is 25.0 Å². The van der Waals surface area contributed by atoms with E-state index < -0.39 is 11.6 Å². The summed E-state index contributed by atoms with van der Waals surface area (Å²) in [6, 6.07) is 5.66. The third-order valence-corrected chi connectivity index (χ3v) is 7.95. The molecule has 1 atom stereocenters. The molecule has 4 heterocycles. The summed E-state index contributed by atoms with van der Waals surface area (Å²) >= 11 is 1.69. The van der Waals surface area contributed by atoms with Gasteiger partial charge >= 0.3 is 6.09 Å². The van der Waals surface area contributed by atoms with Gasteiger partial charge in [0.15, 0.2) is 5.13 Å². The number of pyridine rings is 1. The van der Waals surface area contributed by atoms with Crippen molar-refractivity contribution in [3.05, 3.63) is 35.0 Å². The smallest absolute Gasteiger partial charge is 0.410 e. The van der Waals surface area contributed by atoms with E-state index >= 15 is 0 Å². The Balaban J connectivity index is 1.33. The van der Waals surface area contributed by atoms with Gasteiger partial charge in [-0.25, -0.2) is 14.8 Å². The second-order valence-corrected chi connectivity index (χ2v) is 12.2. The number of hydrogen-bond acceptors (Lipinski definition) is 7. The lowest BCUT2D eigenvalue weighted by Crippen LogP contribution is -2.55. The molecule has 2 amide bonds. The Labute approximate surface area is 224 Å². The van der Waals surface area contributed by atoms with Gasteiger partial charge in [0.25, 0.3) is 0 Å². The summed E-state index contributed by atoms with van der Waals surface area (Å²) in [7, 11) is 0. The summed E-state index contributed by atoms with van der Waals surface area (Å²) in [6.07, 6.45) is 9.27. The molecular formula is C28H41N5O3S. The van der Waals surface area contributed by atoms with Gasteiger partial charge in [0.2, 0.25) is 5.91 Å². The molecule has 202 valence electrons. The molecule has 2 aromatic heterocycles. The Hall–Kier alpha value is -2.68. The van der Waals surface area contributed by atoms with Crippen molar-refractivity contribution in [1.29, 1.82) is 0 Å². The SMILES string of the molecule is CCCCc1cnc(Nc2cccc(C3CCN(C(=O)[C@@H]4CCCCN4C(=O)OC(C)(C)C)CC3)n2)s1. The van der Waals surface area contributed by atoms with Gasteiger partial charge in [-0.1, -0.05) is 19.4 Å². The molecule has 0 unspecified atom stereocenters. The minimum Gasteiger partial charge on any atom is -0.444 e. The number of aromatic nitrogens is 2. The number of likely N-dealkylation sites (tertiary alicyclic amines) is 2. The fraction of sp³-hybridized carbons (Fsp3) is 0.643. The van der Waals surface area contributed by atoms with Crippen LogP contribution in [0.4, 0.5) is 15.7 Å². The van der Waals surface area contributed by atoms with Crippen LogP contribution in [-0.2, 0) is 16.0 Å². The topological polar surface area (TPSA) is 87.7 Å². The summed E-state index contributed by atoms with van der Waals surface area (Å²) in [5.41, 5.74) is 0.473. The monoisotopic (exact) mass is 527 g/mol. The summed E-state index contributed by atoms with van der Waals surface area (Å²) in [5, 5.41) is 4.24. The molecule has 0 radical (unpaired) electrons. The van der Waals surface area contributed by atoms with Crippen molar-refractivity contribution in [2.24, 2.45) is 0 Å². The average molecular weight is 528 g/mol. The molecule has 2 saturated heterocycles. The normalized spacial score (nSPS) is 19.1. The van der Waals surface area contributed by atoms with Crippen LogP contribution in [-0.4, -0.2) is 63.0 Å². The number of unbranched alkanes of at least 4 members (excludes halogenated alkanes) is 1. The van der Waals surface area contributed by atoms with Crippen LogP contribution in [0.15, 0.2) is 24.4 Å². The molecule has 4 rings (SSSR count). The summed E-state index contributed by atoms with van der Waals surface area (Å²) in [6.45, 7) is 9.70. The third kappa shape index (κ3) is 7.43. The van der Waals surface area contributed by atoms with E-state index in [1.54, 1.807) is 16.2 Å². The second-order valence-electron chi connectivity index (χ2n) is 11.1. The van der Waals surface area contributed by atoms with Crippen LogP contribution in [0.25, 0.3) is 0 Å². The van der Waals surface area contributed by atoms with E-state index in [0.717, 1.165) is 48.7 Å². The van der Waals surface area contributed by atoms with Crippen LogP contribution < -0.4 is 5.32 Å². The standard InChI is InChI=1S/C28H41N5O3S/c1-5-6-10-21-19-29-26(37-21)31-24-13-9-11-22(30-24)20-14-17-32(18-15-20)25(34)23-12-7-8-16-33(23)27(35)36-28(2,3)4/h9,11,13,19-20,23H,5-8,10,12,14-18H2,1-4H3,(H,29,30,31)/t23-/m0/s1. The predicted octanol–water partition coefficient (Wildman–Crippen LogP) is 6.12. The molecule has 2 aromatic rings. The van der Waals surface area contributed by atoms with Gasteiger partial charge in [-0.2, -0.15) is 0 Å². The highest BCUT2D eigenvalue weighted by Crippen LogP contribution is 2.30. The van der Waals surface area contributed by atoms with Crippen molar-refractivity contribution < 1.29 is 14.3 Å². The van der Waals surface area contributed by atoms with Crippen LogP contribution in [0, 0.1) is 0 Å². The molecule has 0 bridgehead atoms. The van der Waals surface area contributed by atoms with Gasteiger partial charge in [0.05, 0.1) is 0 Å². The number of carbonyl (C=O) groups is 2. The number of ether oxygens (including phenoxy) is 1. The minimum atomic E-state index is -0.576. The molecule has 2 aliphatic rings. The lowest BCUT2D eigenvalue weighted by atomic mass is 9.92. The van der Waals surface area contributed by atoms with Crippen LogP contribution in [0.3, 0.4) is 0 Å². The third-order valence-electron chi connectivity index (χ3n) is 6.98. The average Bonchev–Trinajstić information content (AvgIpc) is 3.33. The maximum Gasteiger partial charge on any atom is 0.410 e. The number of hydrogen-bond donors (Lipinski definition) is 1. The fourth-order valence-corrected chi connectivity index (χ4v) is 5.88. The van der Waals surface area contributed by atoms with Crippen LogP contribution in [0.5, 0.6) is 0 Å². The summed E-state index contributed by atoms with van der Waals surface area (Å²) in [4.78, 5) is 40.5. The van der Waals surface area contributed by atoms with Gasteiger partial charge in [-0.05, 0) is 77.8 Å². The van der Waals surface area contributed by atoms with Crippen molar-refractivity contribution >= 4 is 34.3 Å². The maximum atomic E-state index is 13.4. The molecule has 0 aliphatic carbocycles. The van der Waals surface area contributed by atoms with Gasteiger partial charge in [-0.15, -0.1) is 11.3 Å². The van der Waals surface area contributed by atoms with Gasteiger partial charge in [0, 0.05) is 42.3 Å². The van der Waals surface area contributed by atoms with Gasteiger partial charge < -0.3 is 15.0 Å². The number of thiazole rings is 1. The highest BCUT2D eigenvalue weighted by molar-refractivity contribution is 7.15. The first-order valence-corrected chi connectivity index (χ1v) is 14.5. The molecule has 0 aromatic carbocycles. The lowest BCUT2D eigenvalue weighted by molar-refractivity contribution is -0.139. The van der Waals surface area contributed by atoms with E-state index in [9.17, 15) is 9.59 Å². The first kappa shape index (κ1) is 27.4. The molecule has 37 heavy (non-hydrogen) atoms. The van der Waals surface area contributed by atoms with E-state index in [4.69, 9.17) is 9.72 Å². The van der Waals surface area contributed by atoms with E-state index in [2.05, 4.69) is 23.3 Å². The molecule has 2 aliphatic heterocycles. The van der Waals surface area contributed by atoms with Crippen molar-refractivity contribution in [2.45, 2.75) is 96.6 Å². The van der Waals surface area contributed by atoms with Crippen molar-refractivity contribution in [3.8, 4) is 0 Å². The zero-order chi connectivity index (χ0) is 26.4. The van der Waals surface area contributed by atoms with Crippen LogP contribution in [0.2, 0.25) is 0 Å². The first-order valence-electron chi connectivity index (χ1n) is 13.7. The van der Waals surface area contributed by atoms with Crippen molar-refractivity contribution in [3.63, 3.8) is 0 Å². The number of nitrogens with zero attached hydrogens (tertiary/aromatic N) is 4. The molecule has 2 fully saturated rings. The number of piperidine rings is 2. The van der Waals surface area contributed by atoms with E-state index in [1.807, 2.05) is 44.0 Å². The summed E-state index contributed by atoms with van der Waals surface area (Å²) in [5.74, 6) is 1.16. The number of aryl methyl sites for hydroxylation is 1. The largest absolute Gasteiger partial charge is 0.444 e. The highest BCUT2D eigenvalue weighted by Gasteiger charge is 2.38. The van der Waals surface area contributed by atoms with E-state index in [-0.39, 0.29) is 12.0 Å². The molecule has 8 nitrogen and oxygen atoms in total. The number of anilines is 2.